The number of likely N-dealkylation sites (tertiary alicyclic amines) is 1. The van der Waals surface area contributed by atoms with Crippen LogP contribution in [-0.4, -0.2) is 50.2 Å². The van der Waals surface area contributed by atoms with Crippen LogP contribution in [0, 0.1) is 5.92 Å². The second-order valence-electron chi connectivity index (χ2n) is 5.38. The maximum atomic E-state index is 12.1. The molecule has 0 bridgehead atoms. The van der Waals surface area contributed by atoms with Crippen LogP contribution >= 0.6 is 0 Å². The second-order valence-corrected chi connectivity index (χ2v) is 5.38. The molecule has 5 heteroatoms. The summed E-state index contributed by atoms with van der Waals surface area (Å²) in [5.41, 5.74) is 1.19. The number of piperidine rings is 1. The Hall–Kier alpha value is -1.59. The molecular weight excluding hydrogens is 268 g/mol. The van der Waals surface area contributed by atoms with Crippen molar-refractivity contribution in [2.75, 3.05) is 34.4 Å². The first-order chi connectivity index (χ1) is 10.2. The fourth-order valence-corrected chi connectivity index (χ4v) is 2.76. The lowest BCUT2D eigenvalue weighted by Crippen LogP contribution is -2.40. The Morgan fingerprint density at radius 3 is 2.57 bits per heavy atom. The van der Waals surface area contributed by atoms with Gasteiger partial charge in [0.25, 0.3) is 0 Å². The highest BCUT2D eigenvalue weighted by molar-refractivity contribution is 5.77. The summed E-state index contributed by atoms with van der Waals surface area (Å²) in [6.07, 6.45) is 1.75. The fraction of sp³-hybridized carbons (Fsp3) is 0.562. The molecule has 1 amide bonds. The summed E-state index contributed by atoms with van der Waals surface area (Å²) in [4.78, 5) is 19.4. The van der Waals surface area contributed by atoms with Gasteiger partial charge < -0.3 is 4.74 Å². The molecule has 0 atom stereocenters. The number of hydrogen-bond acceptors (Lipinski definition) is 4. The van der Waals surface area contributed by atoms with E-state index in [-0.39, 0.29) is 11.8 Å². The number of carbonyl (C=O) groups is 1. The average molecular weight is 292 g/mol. The zero-order valence-corrected chi connectivity index (χ0v) is 13.0. The first-order valence-electron chi connectivity index (χ1n) is 7.31. The third kappa shape index (κ3) is 3.95. The van der Waals surface area contributed by atoms with Crippen LogP contribution in [0.15, 0.2) is 24.3 Å². The number of amides is 1. The highest BCUT2D eigenvalue weighted by atomic mass is 16.7. The predicted octanol–water partition coefficient (Wildman–Crippen LogP) is 1.93. The lowest BCUT2D eigenvalue weighted by molar-refractivity contribution is -0.174. The zero-order valence-electron chi connectivity index (χ0n) is 13.0. The maximum absolute atomic E-state index is 12.1. The predicted molar refractivity (Wildman–Crippen MR) is 80.8 cm³/mol. The highest BCUT2D eigenvalue weighted by Gasteiger charge is 2.27. The Morgan fingerprint density at radius 1 is 1.29 bits per heavy atom. The lowest BCUT2D eigenvalue weighted by Gasteiger charge is -2.32. The van der Waals surface area contributed by atoms with E-state index in [2.05, 4.69) is 11.0 Å². The SMILES string of the molecule is COc1ccccc1CN1CCC(C(=O)N(C)OC)CC1. The molecule has 5 nitrogen and oxygen atoms in total. The van der Waals surface area contributed by atoms with E-state index in [4.69, 9.17) is 9.57 Å². The van der Waals surface area contributed by atoms with Crippen molar-refractivity contribution in [1.29, 1.82) is 0 Å². The maximum Gasteiger partial charge on any atom is 0.249 e. The highest BCUT2D eigenvalue weighted by Crippen LogP contribution is 2.24. The van der Waals surface area contributed by atoms with Gasteiger partial charge in [-0.2, -0.15) is 0 Å². The summed E-state index contributed by atoms with van der Waals surface area (Å²) in [5.74, 6) is 1.08. The number of carbonyl (C=O) groups excluding carboxylic acids is 1. The van der Waals surface area contributed by atoms with Crippen molar-refractivity contribution in [2.24, 2.45) is 5.92 Å². The number of rotatable bonds is 5. The normalized spacial score (nSPS) is 16.7. The topological polar surface area (TPSA) is 42.0 Å². The van der Waals surface area contributed by atoms with Crippen LogP contribution in [0.3, 0.4) is 0 Å². The summed E-state index contributed by atoms with van der Waals surface area (Å²) in [6.45, 7) is 2.71. The van der Waals surface area contributed by atoms with Gasteiger partial charge in [0, 0.05) is 25.1 Å². The molecule has 0 aliphatic carbocycles. The second kappa shape index (κ2) is 7.43. The minimum Gasteiger partial charge on any atom is -0.496 e. The third-order valence-electron chi connectivity index (χ3n) is 4.11. The molecule has 1 aliphatic rings. The molecule has 1 aromatic rings. The van der Waals surface area contributed by atoms with Crippen LogP contribution in [0.5, 0.6) is 5.75 Å². The molecule has 21 heavy (non-hydrogen) atoms. The van der Waals surface area contributed by atoms with Crippen LogP contribution in [0.25, 0.3) is 0 Å². The van der Waals surface area contributed by atoms with Crippen LogP contribution in [0.2, 0.25) is 0 Å². The largest absolute Gasteiger partial charge is 0.496 e. The Balaban J connectivity index is 1.88. The van der Waals surface area contributed by atoms with E-state index < -0.39 is 0 Å². The molecule has 0 N–H and O–H groups in total. The van der Waals surface area contributed by atoms with E-state index in [0.29, 0.717) is 0 Å². The van der Waals surface area contributed by atoms with Gasteiger partial charge >= 0.3 is 0 Å². The quantitative estimate of drug-likeness (QED) is 0.778. The Kier molecular flexibility index (Phi) is 5.59. The van der Waals surface area contributed by atoms with E-state index in [1.54, 1.807) is 14.2 Å². The van der Waals surface area contributed by atoms with Gasteiger partial charge in [-0.25, -0.2) is 5.06 Å². The number of hydrogen-bond donors (Lipinski definition) is 0. The van der Waals surface area contributed by atoms with Crippen LogP contribution in [-0.2, 0) is 16.2 Å². The molecule has 1 aromatic carbocycles. The molecule has 0 spiro atoms. The Morgan fingerprint density at radius 2 is 1.95 bits per heavy atom. The van der Waals surface area contributed by atoms with Crippen molar-refractivity contribution in [3.8, 4) is 5.75 Å². The molecule has 0 radical (unpaired) electrons. The first kappa shape index (κ1) is 15.8. The zero-order chi connectivity index (χ0) is 15.2. The molecular formula is C16H24N2O3. The Bertz CT molecular complexity index is 470. The van der Waals surface area contributed by atoms with E-state index in [1.807, 2.05) is 18.2 Å². The average Bonchev–Trinajstić information content (AvgIpc) is 2.54. The smallest absolute Gasteiger partial charge is 0.249 e. The third-order valence-corrected chi connectivity index (χ3v) is 4.11. The van der Waals surface area contributed by atoms with E-state index in [1.165, 1.54) is 17.7 Å². The van der Waals surface area contributed by atoms with Crippen molar-refractivity contribution >= 4 is 5.91 Å². The number of ether oxygens (including phenoxy) is 1. The fourth-order valence-electron chi connectivity index (χ4n) is 2.76. The van der Waals surface area contributed by atoms with Crippen molar-refractivity contribution in [2.45, 2.75) is 19.4 Å². The van der Waals surface area contributed by atoms with Crippen LogP contribution in [0.1, 0.15) is 18.4 Å². The van der Waals surface area contributed by atoms with Crippen molar-refractivity contribution in [3.63, 3.8) is 0 Å². The monoisotopic (exact) mass is 292 g/mol. The van der Waals surface area contributed by atoms with Crippen LogP contribution in [0.4, 0.5) is 0 Å². The van der Waals surface area contributed by atoms with E-state index >= 15 is 0 Å². The van der Waals surface area contributed by atoms with Gasteiger partial charge in [0.1, 0.15) is 5.75 Å². The number of nitrogens with zero attached hydrogens (tertiary/aromatic N) is 2. The van der Waals surface area contributed by atoms with Gasteiger partial charge in [-0.1, -0.05) is 18.2 Å². The van der Waals surface area contributed by atoms with Crippen molar-refractivity contribution in [1.82, 2.24) is 9.96 Å². The summed E-state index contributed by atoms with van der Waals surface area (Å²) < 4.78 is 5.39. The van der Waals surface area contributed by atoms with Crippen LogP contribution < -0.4 is 4.74 Å². The molecule has 0 unspecified atom stereocenters. The van der Waals surface area contributed by atoms with Gasteiger partial charge in [-0.15, -0.1) is 0 Å². The molecule has 2 rings (SSSR count). The molecule has 1 aliphatic heterocycles. The standard InChI is InChI=1S/C16H24N2O3/c1-17(21-3)16(19)13-8-10-18(11-9-13)12-14-6-4-5-7-15(14)20-2/h4-7,13H,8-12H2,1-3H3. The van der Waals surface area contributed by atoms with E-state index in [9.17, 15) is 4.79 Å². The number of benzene rings is 1. The lowest BCUT2D eigenvalue weighted by atomic mass is 9.95. The molecule has 0 aromatic heterocycles. The van der Waals surface area contributed by atoms with Gasteiger partial charge in [-0.3, -0.25) is 14.5 Å². The molecule has 0 saturated carbocycles. The summed E-state index contributed by atoms with van der Waals surface area (Å²) in [6, 6.07) is 8.09. The number of methoxy groups -OCH3 is 1. The molecule has 1 heterocycles. The summed E-state index contributed by atoms with van der Waals surface area (Å²) in [5, 5.41) is 1.33. The summed E-state index contributed by atoms with van der Waals surface area (Å²) in [7, 11) is 4.89. The molecule has 1 saturated heterocycles. The van der Waals surface area contributed by atoms with Crippen molar-refractivity contribution in [3.05, 3.63) is 29.8 Å². The number of hydroxylamine groups is 2. The molecule has 1 fully saturated rings. The minimum absolute atomic E-state index is 0.0730. The van der Waals surface area contributed by atoms with Gasteiger partial charge in [0.15, 0.2) is 0 Å². The van der Waals surface area contributed by atoms with Gasteiger partial charge in [0.05, 0.1) is 14.2 Å². The van der Waals surface area contributed by atoms with Crippen molar-refractivity contribution < 1.29 is 14.4 Å². The number of para-hydroxylation sites is 1. The van der Waals surface area contributed by atoms with Gasteiger partial charge in [-0.05, 0) is 32.0 Å². The minimum atomic E-state index is 0.0730. The molecule has 116 valence electrons. The summed E-state index contributed by atoms with van der Waals surface area (Å²) >= 11 is 0. The Labute approximate surface area is 126 Å². The first-order valence-corrected chi connectivity index (χ1v) is 7.31. The van der Waals surface area contributed by atoms with Gasteiger partial charge in [0.2, 0.25) is 5.91 Å². The van der Waals surface area contributed by atoms with E-state index in [0.717, 1.165) is 38.2 Å².